The van der Waals surface area contributed by atoms with Crippen molar-refractivity contribution in [3.63, 3.8) is 0 Å². The standard InChI is InChI=1S/C26H33FO4/c1-15(25(29)30-2)5-23(28)21-9-20(19-3-4-19)24(10-22(21)27)31-14-26-11-16-6-17(12-26)8-18(7-16)13-26/h9-10,15-19H,3-8,11-14H2,1-2H3/t15-,16?,17?,18?,26?/m1/s1. The Morgan fingerprint density at radius 1 is 1.10 bits per heavy atom. The lowest BCUT2D eigenvalue weighted by atomic mass is 9.50. The van der Waals surface area contributed by atoms with Crippen molar-refractivity contribution in [2.45, 2.75) is 70.6 Å². The Balaban J connectivity index is 1.33. The molecule has 4 bridgehead atoms. The van der Waals surface area contributed by atoms with Crippen molar-refractivity contribution in [2.24, 2.45) is 29.1 Å². The van der Waals surface area contributed by atoms with E-state index in [1.807, 2.05) is 0 Å². The molecule has 5 saturated carbocycles. The summed E-state index contributed by atoms with van der Waals surface area (Å²) in [4.78, 5) is 24.4. The zero-order valence-corrected chi connectivity index (χ0v) is 18.6. The number of rotatable bonds is 8. The second kappa shape index (κ2) is 7.90. The van der Waals surface area contributed by atoms with Crippen molar-refractivity contribution in [3.05, 3.63) is 29.1 Å². The summed E-state index contributed by atoms with van der Waals surface area (Å²) >= 11 is 0. The number of hydrogen-bond donors (Lipinski definition) is 0. The Morgan fingerprint density at radius 3 is 2.26 bits per heavy atom. The van der Waals surface area contributed by atoms with Crippen LogP contribution in [0.1, 0.15) is 86.6 Å². The molecule has 168 valence electrons. The molecule has 0 radical (unpaired) electrons. The minimum absolute atomic E-state index is 0.0544. The Kier molecular flexibility index (Phi) is 5.34. The predicted molar refractivity (Wildman–Crippen MR) is 115 cm³/mol. The van der Waals surface area contributed by atoms with Gasteiger partial charge in [0.2, 0.25) is 0 Å². The summed E-state index contributed by atoms with van der Waals surface area (Å²) in [7, 11) is 1.30. The fraction of sp³-hybridized carbons (Fsp3) is 0.692. The van der Waals surface area contributed by atoms with E-state index in [1.165, 1.54) is 51.7 Å². The third-order valence-electron chi connectivity index (χ3n) is 8.21. The molecular formula is C26H33FO4. The molecule has 6 rings (SSSR count). The van der Waals surface area contributed by atoms with Gasteiger partial charge in [0.15, 0.2) is 5.78 Å². The van der Waals surface area contributed by atoms with Crippen molar-refractivity contribution in [2.75, 3.05) is 13.7 Å². The SMILES string of the molecule is COC(=O)[C@H](C)CC(=O)c1cc(C2CC2)c(OCC23CC4CC(CC(C4)C2)C3)cc1F. The van der Waals surface area contributed by atoms with E-state index < -0.39 is 17.7 Å². The molecule has 31 heavy (non-hydrogen) atoms. The maximum atomic E-state index is 15.0. The van der Waals surface area contributed by atoms with Crippen LogP contribution in [-0.4, -0.2) is 25.5 Å². The number of ketones is 1. The molecule has 0 saturated heterocycles. The molecule has 0 aliphatic heterocycles. The van der Waals surface area contributed by atoms with Crippen molar-refractivity contribution in [1.29, 1.82) is 0 Å². The zero-order chi connectivity index (χ0) is 21.8. The lowest BCUT2D eigenvalue weighted by Gasteiger charge is -2.56. The normalized spacial score (nSPS) is 32.0. The van der Waals surface area contributed by atoms with Crippen LogP contribution in [-0.2, 0) is 9.53 Å². The number of hydrogen-bond acceptors (Lipinski definition) is 4. The highest BCUT2D eigenvalue weighted by Gasteiger charge is 2.51. The number of carbonyl (C=O) groups is 2. The van der Waals surface area contributed by atoms with Crippen LogP contribution < -0.4 is 4.74 Å². The number of methoxy groups -OCH3 is 1. The van der Waals surface area contributed by atoms with Gasteiger partial charge in [-0.2, -0.15) is 0 Å². The molecule has 5 fully saturated rings. The van der Waals surface area contributed by atoms with Crippen molar-refractivity contribution < 1.29 is 23.5 Å². The molecule has 0 spiro atoms. The lowest BCUT2D eigenvalue weighted by Crippen LogP contribution is -2.48. The van der Waals surface area contributed by atoms with Gasteiger partial charge in [0.1, 0.15) is 11.6 Å². The smallest absolute Gasteiger partial charge is 0.308 e. The Morgan fingerprint density at radius 2 is 1.71 bits per heavy atom. The van der Waals surface area contributed by atoms with Crippen LogP contribution in [0.25, 0.3) is 0 Å². The van der Waals surface area contributed by atoms with Gasteiger partial charge >= 0.3 is 5.97 Å². The number of esters is 1. The highest BCUT2D eigenvalue weighted by atomic mass is 19.1. The summed E-state index contributed by atoms with van der Waals surface area (Å²) in [6, 6.07) is 3.11. The second-order valence-corrected chi connectivity index (χ2v) is 10.9. The van der Waals surface area contributed by atoms with Crippen LogP contribution in [0.5, 0.6) is 5.75 Å². The molecule has 5 heteroatoms. The molecule has 0 unspecified atom stereocenters. The number of ether oxygens (including phenoxy) is 2. The van der Waals surface area contributed by atoms with E-state index in [2.05, 4.69) is 0 Å². The molecule has 0 N–H and O–H groups in total. The largest absolute Gasteiger partial charge is 0.493 e. The molecule has 0 aromatic heterocycles. The topological polar surface area (TPSA) is 52.6 Å². The number of halogens is 1. The summed E-state index contributed by atoms with van der Waals surface area (Å²) in [6.45, 7) is 2.30. The molecule has 5 aliphatic rings. The van der Waals surface area contributed by atoms with Crippen LogP contribution in [0, 0.1) is 34.9 Å². The first-order valence-electron chi connectivity index (χ1n) is 11.9. The van der Waals surface area contributed by atoms with Crippen LogP contribution in [0.4, 0.5) is 4.39 Å². The molecule has 4 nitrogen and oxygen atoms in total. The molecule has 1 aromatic carbocycles. The van der Waals surface area contributed by atoms with E-state index >= 15 is 0 Å². The fourth-order valence-electron chi connectivity index (χ4n) is 6.99. The first-order chi connectivity index (χ1) is 14.9. The van der Waals surface area contributed by atoms with Gasteiger partial charge in [-0.05, 0) is 86.7 Å². The van der Waals surface area contributed by atoms with Crippen LogP contribution in [0.15, 0.2) is 12.1 Å². The van der Waals surface area contributed by atoms with Crippen molar-refractivity contribution >= 4 is 11.8 Å². The predicted octanol–water partition coefficient (Wildman–Crippen LogP) is 5.68. The van der Waals surface area contributed by atoms with Crippen molar-refractivity contribution in [3.8, 4) is 5.75 Å². The third kappa shape index (κ3) is 4.12. The Bertz CT molecular complexity index is 852. The third-order valence-corrected chi connectivity index (χ3v) is 8.21. The lowest BCUT2D eigenvalue weighted by molar-refractivity contribution is -0.144. The van der Waals surface area contributed by atoms with Gasteiger partial charge in [0, 0.05) is 17.9 Å². The van der Waals surface area contributed by atoms with Crippen LogP contribution in [0.3, 0.4) is 0 Å². The summed E-state index contributed by atoms with van der Waals surface area (Å²) < 4.78 is 26.0. The van der Waals surface area contributed by atoms with Gasteiger partial charge in [0.25, 0.3) is 0 Å². The highest BCUT2D eigenvalue weighted by Crippen LogP contribution is 2.60. The molecule has 5 aliphatic carbocycles. The molecule has 1 aromatic rings. The van der Waals surface area contributed by atoms with E-state index in [0.717, 1.165) is 36.2 Å². The average molecular weight is 429 g/mol. The van der Waals surface area contributed by atoms with E-state index in [-0.39, 0.29) is 23.2 Å². The Labute approximate surface area is 183 Å². The van der Waals surface area contributed by atoms with Gasteiger partial charge in [-0.1, -0.05) is 6.92 Å². The summed E-state index contributed by atoms with van der Waals surface area (Å²) in [6.07, 6.45) is 9.97. The zero-order valence-electron chi connectivity index (χ0n) is 18.6. The number of Topliss-reactive ketones (excluding diaryl/α,β-unsaturated/α-hetero) is 1. The minimum atomic E-state index is -0.590. The summed E-state index contributed by atoms with van der Waals surface area (Å²) in [5.74, 6) is 1.57. The van der Waals surface area contributed by atoms with Gasteiger partial charge in [-0.3, -0.25) is 9.59 Å². The van der Waals surface area contributed by atoms with E-state index in [0.29, 0.717) is 18.3 Å². The molecular weight excluding hydrogens is 395 g/mol. The maximum Gasteiger partial charge on any atom is 0.308 e. The quantitative estimate of drug-likeness (QED) is 0.395. The van der Waals surface area contributed by atoms with E-state index in [4.69, 9.17) is 9.47 Å². The second-order valence-electron chi connectivity index (χ2n) is 10.9. The summed E-state index contributed by atoms with van der Waals surface area (Å²) in [5, 5.41) is 0. The number of benzene rings is 1. The number of carbonyl (C=O) groups excluding carboxylic acids is 2. The van der Waals surface area contributed by atoms with Gasteiger partial charge in [-0.25, -0.2) is 4.39 Å². The van der Waals surface area contributed by atoms with Crippen LogP contribution >= 0.6 is 0 Å². The van der Waals surface area contributed by atoms with Gasteiger partial charge < -0.3 is 9.47 Å². The van der Waals surface area contributed by atoms with Crippen molar-refractivity contribution in [1.82, 2.24) is 0 Å². The fourth-order valence-corrected chi connectivity index (χ4v) is 6.99. The van der Waals surface area contributed by atoms with Gasteiger partial charge in [0.05, 0.1) is 25.2 Å². The van der Waals surface area contributed by atoms with E-state index in [9.17, 15) is 14.0 Å². The maximum absolute atomic E-state index is 15.0. The molecule has 0 heterocycles. The molecule has 0 amide bonds. The average Bonchev–Trinajstić information content (AvgIpc) is 3.55. The Hall–Kier alpha value is -1.91. The minimum Gasteiger partial charge on any atom is -0.493 e. The van der Waals surface area contributed by atoms with E-state index in [1.54, 1.807) is 13.0 Å². The monoisotopic (exact) mass is 428 g/mol. The first-order valence-corrected chi connectivity index (χ1v) is 11.9. The first kappa shape index (κ1) is 21.0. The van der Waals surface area contributed by atoms with Gasteiger partial charge in [-0.15, -0.1) is 0 Å². The van der Waals surface area contributed by atoms with Crippen LogP contribution in [0.2, 0.25) is 0 Å². The highest BCUT2D eigenvalue weighted by molar-refractivity contribution is 5.98. The summed E-state index contributed by atoms with van der Waals surface area (Å²) in [5.41, 5.74) is 1.29. The molecule has 1 atom stereocenters.